The van der Waals surface area contributed by atoms with E-state index in [0.29, 0.717) is 28.1 Å². The molecule has 1 aliphatic heterocycles. The minimum absolute atomic E-state index is 0.155. The molecule has 4 amide bonds. The molecule has 2 aromatic carbocycles. The van der Waals surface area contributed by atoms with Gasteiger partial charge in [-0.3, -0.25) is 14.9 Å². The van der Waals surface area contributed by atoms with Gasteiger partial charge in [-0.25, -0.2) is 9.69 Å². The molecule has 1 heterocycles. The van der Waals surface area contributed by atoms with E-state index < -0.39 is 17.8 Å². The number of halogens is 2. The fourth-order valence-corrected chi connectivity index (χ4v) is 4.37. The lowest BCUT2D eigenvalue weighted by Gasteiger charge is -2.27. The maximum absolute atomic E-state index is 13.2. The van der Waals surface area contributed by atoms with Crippen molar-refractivity contribution in [2.24, 2.45) is 5.92 Å². The number of hydrogen-bond acceptors (Lipinski definition) is 4. The summed E-state index contributed by atoms with van der Waals surface area (Å²) in [5.74, 6) is -0.642. The third-order valence-corrected chi connectivity index (χ3v) is 5.80. The van der Waals surface area contributed by atoms with Crippen LogP contribution in [-0.4, -0.2) is 24.5 Å². The summed E-state index contributed by atoms with van der Waals surface area (Å²) in [5, 5.41) is 2.26. The van der Waals surface area contributed by atoms with Gasteiger partial charge >= 0.3 is 6.03 Å². The lowest BCUT2D eigenvalue weighted by Crippen LogP contribution is -2.54. The predicted molar refractivity (Wildman–Crippen MR) is 127 cm³/mol. The lowest BCUT2D eigenvalue weighted by molar-refractivity contribution is -0.122. The normalized spacial score (nSPS) is 15.6. The van der Waals surface area contributed by atoms with Crippen LogP contribution in [0.4, 0.5) is 10.5 Å². The molecule has 0 radical (unpaired) electrons. The van der Waals surface area contributed by atoms with Crippen LogP contribution in [0.25, 0.3) is 6.08 Å². The summed E-state index contributed by atoms with van der Waals surface area (Å²) < 4.78 is 7.35. The van der Waals surface area contributed by atoms with E-state index >= 15 is 0 Å². The van der Waals surface area contributed by atoms with Crippen molar-refractivity contribution in [3.8, 4) is 5.75 Å². The van der Waals surface area contributed by atoms with Crippen LogP contribution < -0.4 is 15.0 Å². The Balaban J connectivity index is 2.07. The predicted octanol–water partition coefficient (Wildman–Crippen LogP) is 5.53. The van der Waals surface area contributed by atoms with Crippen molar-refractivity contribution in [1.29, 1.82) is 0 Å². The fourth-order valence-electron chi connectivity index (χ4n) is 3.00. The topological polar surface area (TPSA) is 75.7 Å². The van der Waals surface area contributed by atoms with E-state index in [1.54, 1.807) is 18.2 Å². The molecule has 6 nitrogen and oxygen atoms in total. The first-order valence-electron chi connectivity index (χ1n) is 9.69. The Labute approximate surface area is 197 Å². The van der Waals surface area contributed by atoms with Crippen molar-refractivity contribution in [2.75, 3.05) is 11.5 Å². The van der Waals surface area contributed by atoms with Gasteiger partial charge in [0.1, 0.15) is 11.3 Å². The van der Waals surface area contributed by atoms with Gasteiger partial charge in [0.2, 0.25) is 0 Å². The van der Waals surface area contributed by atoms with Gasteiger partial charge in [0, 0.05) is 10.0 Å². The van der Waals surface area contributed by atoms with Gasteiger partial charge in [0.05, 0.1) is 16.8 Å². The Kier molecular flexibility index (Phi) is 7.01. The minimum Gasteiger partial charge on any atom is -0.492 e. The van der Waals surface area contributed by atoms with Crippen LogP contribution in [-0.2, 0) is 9.59 Å². The second kappa shape index (κ2) is 9.36. The molecular formula is C23H22Br2N2O4. The molecule has 8 heteroatoms. The van der Waals surface area contributed by atoms with Crippen molar-refractivity contribution in [3.63, 3.8) is 0 Å². The summed E-state index contributed by atoms with van der Waals surface area (Å²) in [6, 6.07) is 8.06. The van der Waals surface area contributed by atoms with Crippen LogP contribution >= 0.6 is 31.9 Å². The Morgan fingerprint density at radius 1 is 1.06 bits per heavy atom. The number of urea groups is 1. The number of anilines is 1. The molecule has 0 aromatic heterocycles. The third kappa shape index (κ3) is 5.07. The number of aryl methyl sites for hydroxylation is 2. The highest BCUT2D eigenvalue weighted by Crippen LogP contribution is 2.35. The van der Waals surface area contributed by atoms with Gasteiger partial charge in [-0.1, -0.05) is 35.8 Å². The molecule has 0 aliphatic carbocycles. The first kappa shape index (κ1) is 23.2. The first-order chi connectivity index (χ1) is 14.6. The smallest absolute Gasteiger partial charge is 0.335 e. The second-order valence-corrected chi connectivity index (χ2v) is 9.51. The van der Waals surface area contributed by atoms with Gasteiger partial charge in [-0.15, -0.1) is 0 Å². The summed E-state index contributed by atoms with van der Waals surface area (Å²) in [6.07, 6.45) is 1.45. The van der Waals surface area contributed by atoms with Gasteiger partial charge in [-0.2, -0.15) is 0 Å². The minimum atomic E-state index is -0.776. The number of barbiturate groups is 1. The number of amides is 4. The van der Waals surface area contributed by atoms with Crippen LogP contribution in [0.15, 0.2) is 44.9 Å². The molecule has 0 atom stereocenters. The van der Waals surface area contributed by atoms with E-state index in [1.165, 1.54) is 6.08 Å². The quantitative estimate of drug-likeness (QED) is 0.393. The third-order valence-electron chi connectivity index (χ3n) is 4.75. The maximum atomic E-state index is 13.2. The number of imide groups is 2. The lowest BCUT2D eigenvalue weighted by atomic mass is 10.0. The Morgan fingerprint density at radius 2 is 1.77 bits per heavy atom. The van der Waals surface area contributed by atoms with E-state index in [9.17, 15) is 14.4 Å². The van der Waals surface area contributed by atoms with Gasteiger partial charge in [-0.05, 0) is 77.2 Å². The summed E-state index contributed by atoms with van der Waals surface area (Å²) in [5.41, 5.74) is 2.75. The first-order valence-corrected chi connectivity index (χ1v) is 11.3. The van der Waals surface area contributed by atoms with Crippen molar-refractivity contribution >= 4 is 61.5 Å². The summed E-state index contributed by atoms with van der Waals surface area (Å²) >= 11 is 6.91. The van der Waals surface area contributed by atoms with Crippen LogP contribution in [0.2, 0.25) is 0 Å². The molecular weight excluding hydrogens is 528 g/mol. The average molecular weight is 550 g/mol. The summed E-state index contributed by atoms with van der Waals surface area (Å²) in [4.78, 5) is 39.2. The number of carbonyl (C=O) groups is 3. The number of nitrogens with one attached hydrogen (secondary N) is 1. The zero-order valence-corrected chi connectivity index (χ0v) is 20.8. The van der Waals surface area contributed by atoms with E-state index in [4.69, 9.17) is 4.74 Å². The largest absolute Gasteiger partial charge is 0.492 e. The van der Waals surface area contributed by atoms with Crippen LogP contribution in [0.5, 0.6) is 5.75 Å². The molecule has 1 N–H and O–H groups in total. The van der Waals surface area contributed by atoms with Gasteiger partial charge < -0.3 is 4.74 Å². The molecule has 162 valence electrons. The number of carbonyl (C=O) groups excluding carboxylic acids is 3. The van der Waals surface area contributed by atoms with Crippen molar-refractivity contribution in [3.05, 3.63) is 61.5 Å². The van der Waals surface area contributed by atoms with Gasteiger partial charge in [0.25, 0.3) is 11.8 Å². The SMILES string of the molecule is Cc1ccc(N2C(=O)NC(=O)/C(=C\c3cc(Br)cc(Br)c3OCC(C)C)C2=O)cc1C. The molecule has 0 unspecified atom stereocenters. The van der Waals surface area contributed by atoms with Gasteiger partial charge in [0.15, 0.2) is 0 Å². The Hall–Kier alpha value is -2.45. The Bertz CT molecular complexity index is 1110. The average Bonchev–Trinajstić information content (AvgIpc) is 2.66. The molecule has 2 aromatic rings. The summed E-state index contributed by atoms with van der Waals surface area (Å²) in [6.45, 7) is 8.34. The van der Waals surface area contributed by atoms with Crippen LogP contribution in [0.3, 0.4) is 0 Å². The van der Waals surface area contributed by atoms with E-state index in [2.05, 4.69) is 37.2 Å². The number of rotatable bonds is 5. The van der Waals surface area contributed by atoms with E-state index in [1.807, 2.05) is 39.8 Å². The van der Waals surface area contributed by atoms with Crippen molar-refractivity contribution in [2.45, 2.75) is 27.7 Å². The highest BCUT2D eigenvalue weighted by molar-refractivity contribution is 9.11. The highest BCUT2D eigenvalue weighted by Gasteiger charge is 2.37. The Morgan fingerprint density at radius 3 is 2.42 bits per heavy atom. The standard InChI is InChI=1S/C23H22Br2N2O4/c1-12(2)11-31-20-15(8-16(24)10-19(20)25)9-18-21(28)26-23(30)27(22(18)29)17-6-5-13(3)14(4)7-17/h5-10,12H,11H2,1-4H3,(H,26,28,30)/b18-9+. The molecule has 0 spiro atoms. The monoisotopic (exact) mass is 548 g/mol. The molecule has 31 heavy (non-hydrogen) atoms. The number of nitrogens with zero attached hydrogens (tertiary/aromatic N) is 1. The van der Waals surface area contributed by atoms with Crippen LogP contribution in [0, 0.1) is 19.8 Å². The second-order valence-electron chi connectivity index (χ2n) is 7.74. The highest BCUT2D eigenvalue weighted by atomic mass is 79.9. The molecule has 0 bridgehead atoms. The fraction of sp³-hybridized carbons (Fsp3) is 0.261. The molecule has 0 saturated carbocycles. The number of hydrogen-bond donors (Lipinski definition) is 1. The zero-order valence-electron chi connectivity index (χ0n) is 17.6. The molecule has 1 saturated heterocycles. The van der Waals surface area contributed by atoms with E-state index in [-0.39, 0.29) is 11.5 Å². The molecule has 3 rings (SSSR count). The number of benzene rings is 2. The maximum Gasteiger partial charge on any atom is 0.335 e. The van der Waals surface area contributed by atoms with Crippen molar-refractivity contribution < 1.29 is 19.1 Å². The summed E-state index contributed by atoms with van der Waals surface area (Å²) in [7, 11) is 0. The number of ether oxygens (including phenoxy) is 1. The molecule has 1 aliphatic rings. The van der Waals surface area contributed by atoms with E-state index in [0.717, 1.165) is 20.5 Å². The van der Waals surface area contributed by atoms with Crippen molar-refractivity contribution in [1.82, 2.24) is 5.32 Å². The molecule has 1 fully saturated rings. The van der Waals surface area contributed by atoms with Crippen LogP contribution in [0.1, 0.15) is 30.5 Å². The zero-order chi connectivity index (χ0) is 22.9.